The molecule has 3 nitrogen and oxygen atoms in total. The molecule has 3 rings (SSSR count). The first-order chi connectivity index (χ1) is 8.76. The van der Waals surface area contributed by atoms with E-state index in [4.69, 9.17) is 4.52 Å². The van der Waals surface area contributed by atoms with Gasteiger partial charge in [0, 0.05) is 12.1 Å². The Labute approximate surface area is 109 Å². The second kappa shape index (κ2) is 5.04. The Hall–Kier alpha value is -0.830. The van der Waals surface area contributed by atoms with E-state index >= 15 is 0 Å². The van der Waals surface area contributed by atoms with Gasteiger partial charge in [-0.2, -0.15) is 0 Å². The van der Waals surface area contributed by atoms with E-state index in [2.05, 4.69) is 10.5 Å². The molecule has 2 aliphatic rings. The molecule has 0 atom stereocenters. The van der Waals surface area contributed by atoms with Crippen molar-refractivity contribution in [2.24, 2.45) is 5.41 Å². The number of aryl methyl sites for hydroxylation is 1. The van der Waals surface area contributed by atoms with Gasteiger partial charge in [-0.1, -0.05) is 18.0 Å². The molecule has 0 saturated heterocycles. The van der Waals surface area contributed by atoms with Crippen molar-refractivity contribution in [3.63, 3.8) is 0 Å². The van der Waals surface area contributed by atoms with Crippen LogP contribution in [0.1, 0.15) is 62.8 Å². The lowest BCUT2D eigenvalue weighted by Gasteiger charge is -2.37. The average molecular weight is 248 g/mol. The van der Waals surface area contributed by atoms with Gasteiger partial charge in [0.25, 0.3) is 0 Å². The molecule has 1 aromatic rings. The highest BCUT2D eigenvalue weighted by molar-refractivity contribution is 5.03. The topological polar surface area (TPSA) is 38.1 Å². The second-order valence-electron chi connectivity index (χ2n) is 6.30. The molecule has 0 radical (unpaired) electrons. The number of hydrogen-bond acceptors (Lipinski definition) is 3. The zero-order chi connectivity index (χ0) is 12.4. The summed E-state index contributed by atoms with van der Waals surface area (Å²) in [7, 11) is 0. The summed E-state index contributed by atoms with van der Waals surface area (Å²) in [6, 6.07) is 2.70. The zero-order valence-electron chi connectivity index (χ0n) is 11.4. The number of nitrogens with zero attached hydrogens (tertiary/aromatic N) is 1. The summed E-state index contributed by atoms with van der Waals surface area (Å²) in [5, 5.41) is 7.55. The van der Waals surface area contributed by atoms with Crippen LogP contribution in [0.3, 0.4) is 0 Å². The van der Waals surface area contributed by atoms with E-state index in [1.807, 2.05) is 13.0 Å². The van der Waals surface area contributed by atoms with Gasteiger partial charge in [0.05, 0.1) is 12.2 Å². The van der Waals surface area contributed by atoms with Crippen molar-refractivity contribution < 1.29 is 4.52 Å². The molecule has 2 aliphatic carbocycles. The third-order valence-corrected chi connectivity index (χ3v) is 4.95. The minimum Gasteiger partial charge on any atom is -0.360 e. The van der Waals surface area contributed by atoms with E-state index < -0.39 is 0 Å². The molecule has 100 valence electrons. The molecule has 0 aromatic carbocycles. The molecule has 1 spiro atoms. The normalized spacial score (nSPS) is 23.8. The van der Waals surface area contributed by atoms with Crippen LogP contribution in [-0.4, -0.2) is 11.2 Å². The first-order valence-corrected chi connectivity index (χ1v) is 7.41. The van der Waals surface area contributed by atoms with Gasteiger partial charge in [0.2, 0.25) is 0 Å². The molecule has 0 unspecified atom stereocenters. The van der Waals surface area contributed by atoms with Gasteiger partial charge < -0.3 is 9.84 Å². The summed E-state index contributed by atoms with van der Waals surface area (Å²) in [5.41, 5.74) is 1.71. The Balaban J connectivity index is 1.45. The van der Waals surface area contributed by atoms with Crippen molar-refractivity contribution in [2.45, 2.75) is 70.9 Å². The van der Waals surface area contributed by atoms with E-state index in [-0.39, 0.29) is 0 Å². The molecule has 1 aromatic heterocycles. The third kappa shape index (κ3) is 2.61. The SMILES string of the molecule is Cc1cc(CNC2CCC3(CCCC3)CC2)on1. The Morgan fingerprint density at radius 1 is 1.28 bits per heavy atom. The van der Waals surface area contributed by atoms with Gasteiger partial charge in [0.1, 0.15) is 0 Å². The molecule has 1 N–H and O–H groups in total. The van der Waals surface area contributed by atoms with Gasteiger partial charge in [-0.05, 0) is 50.9 Å². The van der Waals surface area contributed by atoms with Crippen molar-refractivity contribution in [2.75, 3.05) is 0 Å². The molecule has 18 heavy (non-hydrogen) atoms. The van der Waals surface area contributed by atoms with E-state index in [0.29, 0.717) is 6.04 Å². The molecular formula is C15H24N2O. The third-order valence-electron chi connectivity index (χ3n) is 4.95. The van der Waals surface area contributed by atoms with Crippen molar-refractivity contribution in [3.8, 4) is 0 Å². The molecular weight excluding hydrogens is 224 g/mol. The highest BCUT2D eigenvalue weighted by atomic mass is 16.5. The maximum Gasteiger partial charge on any atom is 0.150 e. The van der Waals surface area contributed by atoms with Crippen LogP contribution in [-0.2, 0) is 6.54 Å². The minimum absolute atomic E-state index is 0.682. The lowest BCUT2D eigenvalue weighted by atomic mass is 9.71. The fraction of sp³-hybridized carbons (Fsp3) is 0.800. The number of aromatic nitrogens is 1. The Kier molecular flexibility index (Phi) is 3.42. The van der Waals surface area contributed by atoms with E-state index in [0.717, 1.165) is 23.4 Å². The second-order valence-corrected chi connectivity index (χ2v) is 6.30. The fourth-order valence-corrected chi connectivity index (χ4v) is 3.80. The summed E-state index contributed by atoms with van der Waals surface area (Å²) in [6.07, 6.45) is 11.5. The highest BCUT2D eigenvalue weighted by Gasteiger charge is 2.37. The lowest BCUT2D eigenvalue weighted by Crippen LogP contribution is -2.36. The Morgan fingerprint density at radius 2 is 2.00 bits per heavy atom. The summed E-state index contributed by atoms with van der Waals surface area (Å²) >= 11 is 0. The maximum absolute atomic E-state index is 5.24. The lowest BCUT2D eigenvalue weighted by molar-refractivity contribution is 0.166. The predicted octanol–water partition coefficient (Wildman–Crippen LogP) is 3.58. The van der Waals surface area contributed by atoms with Crippen molar-refractivity contribution in [1.82, 2.24) is 10.5 Å². The molecule has 3 heteroatoms. The van der Waals surface area contributed by atoms with Crippen LogP contribution >= 0.6 is 0 Å². The summed E-state index contributed by atoms with van der Waals surface area (Å²) in [6.45, 7) is 2.80. The largest absolute Gasteiger partial charge is 0.360 e. The predicted molar refractivity (Wildman–Crippen MR) is 71.2 cm³/mol. The minimum atomic E-state index is 0.682. The van der Waals surface area contributed by atoms with Crippen molar-refractivity contribution in [1.29, 1.82) is 0 Å². The molecule has 1 heterocycles. The summed E-state index contributed by atoms with van der Waals surface area (Å²) in [5.74, 6) is 0.966. The molecule has 0 bridgehead atoms. The van der Waals surface area contributed by atoms with Crippen LogP contribution in [0.15, 0.2) is 10.6 Å². The van der Waals surface area contributed by atoms with Crippen molar-refractivity contribution >= 4 is 0 Å². The number of rotatable bonds is 3. The van der Waals surface area contributed by atoms with E-state index in [1.165, 1.54) is 51.4 Å². The summed E-state index contributed by atoms with van der Waals surface area (Å²) < 4.78 is 5.24. The molecule has 2 fully saturated rings. The maximum atomic E-state index is 5.24. The zero-order valence-corrected chi connectivity index (χ0v) is 11.4. The van der Waals surface area contributed by atoms with Crippen LogP contribution in [0.25, 0.3) is 0 Å². The van der Waals surface area contributed by atoms with Gasteiger partial charge in [-0.15, -0.1) is 0 Å². The number of nitrogens with one attached hydrogen (secondary N) is 1. The Bertz CT molecular complexity index is 383. The number of hydrogen-bond donors (Lipinski definition) is 1. The van der Waals surface area contributed by atoms with Gasteiger partial charge in [-0.3, -0.25) is 0 Å². The highest BCUT2D eigenvalue weighted by Crippen LogP contribution is 2.48. The van der Waals surface area contributed by atoms with Crippen LogP contribution in [0.5, 0.6) is 0 Å². The fourth-order valence-electron chi connectivity index (χ4n) is 3.80. The summed E-state index contributed by atoms with van der Waals surface area (Å²) in [4.78, 5) is 0. The van der Waals surface area contributed by atoms with Crippen LogP contribution in [0.2, 0.25) is 0 Å². The molecule has 2 saturated carbocycles. The monoisotopic (exact) mass is 248 g/mol. The first kappa shape index (κ1) is 12.2. The molecule has 0 aliphatic heterocycles. The van der Waals surface area contributed by atoms with Gasteiger partial charge in [0.15, 0.2) is 5.76 Å². The van der Waals surface area contributed by atoms with E-state index in [9.17, 15) is 0 Å². The standard InChI is InChI=1S/C15H24N2O/c1-12-10-14(18-17-12)11-16-13-4-8-15(9-5-13)6-2-3-7-15/h10,13,16H,2-9,11H2,1H3. The molecule has 0 amide bonds. The van der Waals surface area contributed by atoms with Crippen LogP contribution < -0.4 is 5.32 Å². The smallest absolute Gasteiger partial charge is 0.150 e. The Morgan fingerprint density at radius 3 is 2.61 bits per heavy atom. The van der Waals surface area contributed by atoms with Gasteiger partial charge >= 0.3 is 0 Å². The first-order valence-electron chi connectivity index (χ1n) is 7.41. The van der Waals surface area contributed by atoms with Gasteiger partial charge in [-0.25, -0.2) is 0 Å². The van der Waals surface area contributed by atoms with Crippen LogP contribution in [0, 0.1) is 12.3 Å². The quantitative estimate of drug-likeness (QED) is 0.888. The van der Waals surface area contributed by atoms with Crippen molar-refractivity contribution in [3.05, 3.63) is 17.5 Å². The average Bonchev–Trinajstić information content (AvgIpc) is 2.99. The van der Waals surface area contributed by atoms with E-state index in [1.54, 1.807) is 0 Å². The van der Waals surface area contributed by atoms with Crippen LogP contribution in [0.4, 0.5) is 0 Å².